The van der Waals surface area contributed by atoms with Crippen LogP contribution in [0.3, 0.4) is 0 Å². The molecule has 0 amide bonds. The zero-order valence-corrected chi connectivity index (χ0v) is 11.8. The van der Waals surface area contributed by atoms with Crippen LogP contribution >= 0.6 is 11.6 Å². The second-order valence-corrected chi connectivity index (χ2v) is 4.80. The summed E-state index contributed by atoms with van der Waals surface area (Å²) in [6, 6.07) is 5.60. The van der Waals surface area contributed by atoms with E-state index in [4.69, 9.17) is 16.3 Å². The quantitative estimate of drug-likeness (QED) is 0.583. The summed E-state index contributed by atoms with van der Waals surface area (Å²) in [7, 11) is 1.39. The van der Waals surface area contributed by atoms with Gasteiger partial charge in [-0.2, -0.15) is 0 Å². The highest BCUT2D eigenvalue weighted by Crippen LogP contribution is 2.29. The number of carbonyl (C=O) groups is 1. The summed E-state index contributed by atoms with van der Waals surface area (Å²) in [6.45, 7) is 4.68. The Kier molecular flexibility index (Phi) is 5.99. The number of rotatable bonds is 6. The molecule has 0 N–H and O–H groups in total. The molecule has 0 saturated carbocycles. The number of ether oxygens (including phenoxy) is 2. The maximum atomic E-state index is 10.9. The van der Waals surface area contributed by atoms with Gasteiger partial charge in [-0.15, -0.1) is 0 Å². The van der Waals surface area contributed by atoms with Crippen LogP contribution in [0, 0.1) is 0 Å². The van der Waals surface area contributed by atoms with Gasteiger partial charge in [-0.1, -0.05) is 25.4 Å². The number of benzene rings is 1. The van der Waals surface area contributed by atoms with E-state index in [0.717, 1.165) is 11.3 Å². The molecule has 0 spiro atoms. The van der Waals surface area contributed by atoms with Gasteiger partial charge in [-0.05, 0) is 36.1 Å². The maximum Gasteiger partial charge on any atom is 0.305 e. The Hall–Kier alpha value is -1.22. The molecule has 0 fully saturated rings. The van der Waals surface area contributed by atoms with Crippen molar-refractivity contribution in [2.24, 2.45) is 0 Å². The monoisotopic (exact) mass is 270 g/mol. The van der Waals surface area contributed by atoms with Crippen molar-refractivity contribution in [3.05, 3.63) is 28.8 Å². The molecule has 18 heavy (non-hydrogen) atoms. The lowest BCUT2D eigenvalue weighted by Crippen LogP contribution is -2.06. The molecule has 1 aromatic rings. The van der Waals surface area contributed by atoms with Crippen molar-refractivity contribution in [1.82, 2.24) is 0 Å². The Labute approximate surface area is 113 Å². The van der Waals surface area contributed by atoms with Gasteiger partial charge in [-0.25, -0.2) is 0 Å². The Morgan fingerprint density at radius 3 is 2.72 bits per heavy atom. The Morgan fingerprint density at radius 2 is 2.11 bits per heavy atom. The van der Waals surface area contributed by atoms with Gasteiger partial charge in [0.25, 0.3) is 0 Å². The van der Waals surface area contributed by atoms with E-state index in [1.165, 1.54) is 7.11 Å². The van der Waals surface area contributed by atoms with Gasteiger partial charge < -0.3 is 9.47 Å². The predicted octanol–water partition coefficient (Wildman–Crippen LogP) is 3.80. The van der Waals surface area contributed by atoms with Crippen LogP contribution in [0.2, 0.25) is 5.02 Å². The summed E-state index contributed by atoms with van der Waals surface area (Å²) in [4.78, 5) is 10.9. The molecule has 0 aromatic heterocycles. The molecule has 0 aliphatic carbocycles. The summed E-state index contributed by atoms with van der Waals surface area (Å²) in [5.74, 6) is 0.970. The highest BCUT2D eigenvalue weighted by atomic mass is 35.5. The molecule has 0 radical (unpaired) electrons. The summed E-state index contributed by atoms with van der Waals surface area (Å²) >= 11 is 5.97. The normalized spacial score (nSPS) is 10.5. The lowest BCUT2D eigenvalue weighted by atomic mass is 10.0. The Balaban J connectivity index is 2.54. The molecule has 1 aromatic carbocycles. The van der Waals surface area contributed by atoms with Crippen molar-refractivity contribution < 1.29 is 14.3 Å². The van der Waals surface area contributed by atoms with Gasteiger partial charge in [-0.3, -0.25) is 4.79 Å². The molecule has 1 rings (SSSR count). The van der Waals surface area contributed by atoms with Gasteiger partial charge in [0.2, 0.25) is 0 Å². The minimum atomic E-state index is -0.209. The fraction of sp³-hybridized carbons (Fsp3) is 0.500. The van der Waals surface area contributed by atoms with Crippen LogP contribution in [0.25, 0.3) is 0 Å². The van der Waals surface area contributed by atoms with Crippen LogP contribution in [-0.4, -0.2) is 19.7 Å². The van der Waals surface area contributed by atoms with E-state index in [2.05, 4.69) is 18.6 Å². The fourth-order valence-corrected chi connectivity index (χ4v) is 1.78. The van der Waals surface area contributed by atoms with Gasteiger partial charge in [0.1, 0.15) is 5.75 Å². The molecule has 0 saturated heterocycles. The molecule has 0 aliphatic heterocycles. The number of esters is 1. The average Bonchev–Trinajstić information content (AvgIpc) is 2.35. The van der Waals surface area contributed by atoms with Crippen molar-refractivity contribution in [1.29, 1.82) is 0 Å². The lowest BCUT2D eigenvalue weighted by Gasteiger charge is -2.14. The minimum Gasteiger partial charge on any atom is -0.493 e. The van der Waals surface area contributed by atoms with Gasteiger partial charge in [0.05, 0.1) is 13.7 Å². The molecule has 4 heteroatoms. The number of hydrogen-bond acceptors (Lipinski definition) is 3. The third kappa shape index (κ3) is 4.57. The van der Waals surface area contributed by atoms with Gasteiger partial charge in [0.15, 0.2) is 0 Å². The lowest BCUT2D eigenvalue weighted by molar-refractivity contribution is -0.140. The molecule has 0 heterocycles. The predicted molar refractivity (Wildman–Crippen MR) is 72.3 cm³/mol. The Bertz CT molecular complexity index is 402. The molecular formula is C14H19ClO3. The SMILES string of the molecule is COC(=O)CCCOc1ccc(Cl)cc1C(C)C. The van der Waals surface area contributed by atoms with E-state index < -0.39 is 0 Å². The van der Waals surface area contributed by atoms with Crippen LogP contribution in [0.5, 0.6) is 5.75 Å². The van der Waals surface area contributed by atoms with E-state index in [-0.39, 0.29) is 5.97 Å². The molecule has 100 valence electrons. The van der Waals surface area contributed by atoms with Crippen LogP contribution < -0.4 is 4.74 Å². The molecule has 0 aliphatic rings. The first kappa shape index (κ1) is 14.8. The van der Waals surface area contributed by atoms with Crippen LogP contribution in [0.15, 0.2) is 18.2 Å². The van der Waals surface area contributed by atoms with E-state index >= 15 is 0 Å². The minimum absolute atomic E-state index is 0.209. The van der Waals surface area contributed by atoms with Crippen LogP contribution in [0.1, 0.15) is 38.2 Å². The van der Waals surface area contributed by atoms with E-state index in [0.29, 0.717) is 30.4 Å². The van der Waals surface area contributed by atoms with Crippen LogP contribution in [-0.2, 0) is 9.53 Å². The largest absolute Gasteiger partial charge is 0.493 e. The number of halogens is 1. The summed E-state index contributed by atoms with van der Waals surface area (Å²) in [5.41, 5.74) is 1.08. The third-order valence-electron chi connectivity index (χ3n) is 2.60. The fourth-order valence-electron chi connectivity index (χ4n) is 1.60. The Morgan fingerprint density at radius 1 is 1.39 bits per heavy atom. The summed E-state index contributed by atoms with van der Waals surface area (Å²) in [5, 5.41) is 0.709. The standard InChI is InChI=1S/C14H19ClO3/c1-10(2)12-9-11(15)6-7-13(12)18-8-4-5-14(16)17-3/h6-7,9-10H,4-5,8H2,1-3H3. The second-order valence-electron chi connectivity index (χ2n) is 4.36. The topological polar surface area (TPSA) is 35.5 Å². The van der Waals surface area contributed by atoms with Gasteiger partial charge in [0, 0.05) is 11.4 Å². The molecule has 0 unspecified atom stereocenters. The molecule has 3 nitrogen and oxygen atoms in total. The summed E-state index contributed by atoms with van der Waals surface area (Å²) < 4.78 is 10.3. The van der Waals surface area contributed by atoms with Crippen molar-refractivity contribution in [2.75, 3.05) is 13.7 Å². The average molecular weight is 271 g/mol. The zero-order valence-electron chi connectivity index (χ0n) is 11.0. The highest BCUT2D eigenvalue weighted by molar-refractivity contribution is 6.30. The van der Waals surface area contributed by atoms with E-state index in [1.807, 2.05) is 18.2 Å². The first-order valence-corrected chi connectivity index (χ1v) is 6.41. The highest BCUT2D eigenvalue weighted by Gasteiger charge is 2.09. The number of carbonyl (C=O) groups excluding carboxylic acids is 1. The smallest absolute Gasteiger partial charge is 0.305 e. The second kappa shape index (κ2) is 7.27. The van der Waals surface area contributed by atoms with Crippen LogP contribution in [0.4, 0.5) is 0 Å². The third-order valence-corrected chi connectivity index (χ3v) is 2.84. The first-order chi connectivity index (χ1) is 8.54. The first-order valence-electron chi connectivity index (χ1n) is 6.03. The molecule has 0 bridgehead atoms. The number of hydrogen-bond donors (Lipinski definition) is 0. The van der Waals surface area contributed by atoms with Crippen molar-refractivity contribution in [3.8, 4) is 5.75 Å². The summed E-state index contributed by atoms with van der Waals surface area (Å²) in [6.07, 6.45) is 1.02. The zero-order chi connectivity index (χ0) is 13.5. The van der Waals surface area contributed by atoms with Gasteiger partial charge >= 0.3 is 5.97 Å². The van der Waals surface area contributed by atoms with Crippen molar-refractivity contribution in [3.63, 3.8) is 0 Å². The molecule has 0 atom stereocenters. The number of methoxy groups -OCH3 is 1. The molecular weight excluding hydrogens is 252 g/mol. The van der Waals surface area contributed by atoms with E-state index in [9.17, 15) is 4.79 Å². The van der Waals surface area contributed by atoms with Crippen molar-refractivity contribution in [2.45, 2.75) is 32.6 Å². The van der Waals surface area contributed by atoms with Crippen molar-refractivity contribution >= 4 is 17.6 Å². The maximum absolute atomic E-state index is 10.9. The van der Waals surface area contributed by atoms with E-state index in [1.54, 1.807) is 0 Å².